The van der Waals surface area contributed by atoms with Crippen LogP contribution in [0.25, 0.3) is 0 Å². The van der Waals surface area contributed by atoms with Crippen LogP contribution >= 0.6 is 0 Å². The van der Waals surface area contributed by atoms with Crippen molar-refractivity contribution in [1.29, 1.82) is 0 Å². The fourth-order valence-electron chi connectivity index (χ4n) is 1.92. The number of fused-ring (bicyclic) bond motifs is 1. The lowest BCUT2D eigenvalue weighted by molar-refractivity contribution is 0.0598. The Morgan fingerprint density at radius 2 is 2.18 bits per heavy atom. The van der Waals surface area contributed by atoms with Gasteiger partial charge in [-0.2, -0.15) is 0 Å². The van der Waals surface area contributed by atoms with Crippen LogP contribution in [0.15, 0.2) is 6.07 Å². The fourth-order valence-corrected chi connectivity index (χ4v) is 1.92. The molecule has 5 heteroatoms. The number of methoxy groups -OCH3 is 1. The zero-order valence-electron chi connectivity index (χ0n) is 9.91. The monoisotopic (exact) mass is 237 g/mol. The molecule has 0 radical (unpaired) electrons. The summed E-state index contributed by atoms with van der Waals surface area (Å²) in [5.74, 6) is 0.623. The number of nitrogen functional groups attached to an aromatic ring is 1. The number of rotatable bonds is 2. The summed E-state index contributed by atoms with van der Waals surface area (Å²) >= 11 is 0. The second kappa shape index (κ2) is 4.53. The van der Waals surface area contributed by atoms with Crippen molar-refractivity contribution in [1.82, 2.24) is 0 Å². The quantitative estimate of drug-likeness (QED) is 0.621. The number of nitrogens with two attached hydrogens (primary N) is 1. The average Bonchev–Trinajstić information content (AvgIpc) is 2.37. The smallest absolute Gasteiger partial charge is 0.338 e. The zero-order valence-corrected chi connectivity index (χ0v) is 9.91. The van der Waals surface area contributed by atoms with E-state index in [9.17, 15) is 4.79 Å². The van der Waals surface area contributed by atoms with Crippen molar-refractivity contribution in [2.24, 2.45) is 0 Å². The summed E-state index contributed by atoms with van der Waals surface area (Å²) in [5.41, 5.74) is 7.64. The first kappa shape index (κ1) is 11.6. The summed E-state index contributed by atoms with van der Waals surface area (Å²) in [6.07, 6.45) is 0.632. The summed E-state index contributed by atoms with van der Waals surface area (Å²) < 4.78 is 15.6. The van der Waals surface area contributed by atoms with Gasteiger partial charge in [-0.05, 0) is 18.1 Å². The maximum Gasteiger partial charge on any atom is 0.338 e. The molecule has 1 aliphatic heterocycles. The molecule has 1 aromatic carbocycles. The van der Waals surface area contributed by atoms with Crippen LogP contribution in [0.4, 0.5) is 5.69 Å². The van der Waals surface area contributed by atoms with Gasteiger partial charge in [-0.15, -0.1) is 0 Å². The number of hydrogen-bond acceptors (Lipinski definition) is 5. The molecule has 5 nitrogen and oxygen atoms in total. The van der Waals surface area contributed by atoms with Crippen molar-refractivity contribution in [2.45, 2.75) is 13.3 Å². The molecule has 0 atom stereocenters. The van der Waals surface area contributed by atoms with Gasteiger partial charge in [0, 0.05) is 0 Å². The van der Waals surface area contributed by atoms with Crippen molar-refractivity contribution in [2.75, 3.05) is 26.1 Å². The van der Waals surface area contributed by atoms with Gasteiger partial charge < -0.3 is 19.9 Å². The van der Waals surface area contributed by atoms with E-state index in [2.05, 4.69) is 0 Å². The molecule has 0 spiro atoms. The predicted octanol–water partition coefficient (Wildman–Crippen LogP) is 1.39. The lowest BCUT2D eigenvalue weighted by atomic mass is 10.0. The highest BCUT2D eigenvalue weighted by atomic mass is 16.6. The van der Waals surface area contributed by atoms with Crippen LogP contribution in [0.3, 0.4) is 0 Å². The van der Waals surface area contributed by atoms with Crippen LogP contribution < -0.4 is 15.2 Å². The third kappa shape index (κ3) is 1.88. The first-order valence-electron chi connectivity index (χ1n) is 5.48. The van der Waals surface area contributed by atoms with Gasteiger partial charge in [0.15, 0.2) is 11.5 Å². The molecular weight excluding hydrogens is 222 g/mol. The number of ether oxygens (including phenoxy) is 3. The zero-order chi connectivity index (χ0) is 12.4. The van der Waals surface area contributed by atoms with Crippen LogP contribution in [-0.4, -0.2) is 26.3 Å². The Hall–Kier alpha value is -1.91. The number of carbonyl (C=O) groups is 1. The van der Waals surface area contributed by atoms with E-state index >= 15 is 0 Å². The third-order valence-electron chi connectivity index (χ3n) is 2.74. The topological polar surface area (TPSA) is 70.8 Å². The van der Waals surface area contributed by atoms with Gasteiger partial charge in [-0.3, -0.25) is 0 Å². The molecule has 0 amide bonds. The van der Waals surface area contributed by atoms with E-state index in [4.69, 9.17) is 19.9 Å². The van der Waals surface area contributed by atoms with Crippen molar-refractivity contribution in [3.63, 3.8) is 0 Å². The van der Waals surface area contributed by atoms with Gasteiger partial charge in [0.25, 0.3) is 0 Å². The van der Waals surface area contributed by atoms with Crippen molar-refractivity contribution < 1.29 is 19.0 Å². The number of hydrogen-bond donors (Lipinski definition) is 1. The van der Waals surface area contributed by atoms with Gasteiger partial charge in [0.05, 0.1) is 18.4 Å². The molecule has 2 rings (SSSR count). The van der Waals surface area contributed by atoms with E-state index < -0.39 is 5.97 Å². The third-order valence-corrected chi connectivity index (χ3v) is 2.74. The van der Waals surface area contributed by atoms with Crippen LogP contribution in [0.1, 0.15) is 22.8 Å². The van der Waals surface area contributed by atoms with E-state index in [1.165, 1.54) is 7.11 Å². The van der Waals surface area contributed by atoms with Crippen LogP contribution in [-0.2, 0) is 11.2 Å². The Bertz CT molecular complexity index is 456. The highest BCUT2D eigenvalue weighted by Gasteiger charge is 2.23. The number of benzene rings is 1. The van der Waals surface area contributed by atoms with E-state index in [-0.39, 0.29) is 0 Å². The summed E-state index contributed by atoms with van der Waals surface area (Å²) in [7, 11) is 1.34. The normalized spacial score (nSPS) is 13.3. The minimum absolute atomic E-state index is 0.412. The number of anilines is 1. The summed E-state index contributed by atoms with van der Waals surface area (Å²) in [6, 6.07) is 1.63. The molecular formula is C12H15NO4. The second-order valence-corrected chi connectivity index (χ2v) is 3.69. The summed E-state index contributed by atoms with van der Waals surface area (Å²) in [5, 5.41) is 0. The highest BCUT2D eigenvalue weighted by Crippen LogP contribution is 2.40. The fraction of sp³-hybridized carbons (Fsp3) is 0.417. The molecule has 0 saturated carbocycles. The Labute approximate surface area is 99.5 Å². The number of esters is 1. The molecule has 0 bridgehead atoms. The van der Waals surface area contributed by atoms with E-state index in [1.54, 1.807) is 6.07 Å². The molecule has 17 heavy (non-hydrogen) atoms. The van der Waals surface area contributed by atoms with Crippen molar-refractivity contribution >= 4 is 11.7 Å². The standard InChI is InChI=1S/C12H15NO4/c1-3-7-8(12(14)15-2)6-9-11(10(7)13)17-5-4-16-9/h6H,3-5,13H2,1-2H3. The molecule has 0 fully saturated rings. The number of carbonyl (C=O) groups excluding carboxylic acids is 1. The van der Waals surface area contributed by atoms with E-state index in [0.717, 1.165) is 5.56 Å². The van der Waals surface area contributed by atoms with Gasteiger partial charge in [0.1, 0.15) is 13.2 Å². The SMILES string of the molecule is CCc1c(C(=O)OC)cc2c(c1N)OCCO2. The van der Waals surface area contributed by atoms with Gasteiger partial charge in [-0.1, -0.05) is 6.92 Å². The average molecular weight is 237 g/mol. The molecule has 0 aliphatic carbocycles. The van der Waals surface area contributed by atoms with E-state index in [1.807, 2.05) is 6.92 Å². The van der Waals surface area contributed by atoms with Crippen molar-refractivity contribution in [3.05, 3.63) is 17.2 Å². The predicted molar refractivity (Wildman–Crippen MR) is 62.6 cm³/mol. The van der Waals surface area contributed by atoms with Crippen molar-refractivity contribution in [3.8, 4) is 11.5 Å². The Balaban J connectivity index is 2.59. The largest absolute Gasteiger partial charge is 0.486 e. The van der Waals surface area contributed by atoms with Gasteiger partial charge in [0.2, 0.25) is 0 Å². The molecule has 1 aromatic rings. The molecule has 0 saturated heterocycles. The van der Waals surface area contributed by atoms with Crippen LogP contribution in [0, 0.1) is 0 Å². The molecule has 1 heterocycles. The highest BCUT2D eigenvalue weighted by molar-refractivity contribution is 5.94. The maximum atomic E-state index is 11.7. The van der Waals surface area contributed by atoms with Crippen LogP contribution in [0.5, 0.6) is 11.5 Å². The van der Waals surface area contributed by atoms with Crippen LogP contribution in [0.2, 0.25) is 0 Å². The summed E-state index contributed by atoms with van der Waals surface area (Å²) in [6.45, 7) is 2.85. The molecule has 92 valence electrons. The molecule has 0 unspecified atom stereocenters. The first-order chi connectivity index (χ1) is 8.19. The van der Waals surface area contributed by atoms with Gasteiger partial charge >= 0.3 is 5.97 Å². The Kier molecular flexibility index (Phi) is 3.08. The molecule has 1 aliphatic rings. The Morgan fingerprint density at radius 3 is 2.82 bits per heavy atom. The van der Waals surface area contributed by atoms with Gasteiger partial charge in [-0.25, -0.2) is 4.79 Å². The molecule has 2 N–H and O–H groups in total. The first-order valence-corrected chi connectivity index (χ1v) is 5.48. The lowest BCUT2D eigenvalue weighted by Crippen LogP contribution is -2.19. The Morgan fingerprint density at radius 1 is 1.47 bits per heavy atom. The molecule has 0 aromatic heterocycles. The minimum Gasteiger partial charge on any atom is -0.486 e. The van der Waals surface area contributed by atoms with E-state index in [0.29, 0.717) is 42.4 Å². The minimum atomic E-state index is -0.412. The lowest BCUT2D eigenvalue weighted by Gasteiger charge is -2.22. The maximum absolute atomic E-state index is 11.7. The second-order valence-electron chi connectivity index (χ2n) is 3.69. The summed E-state index contributed by atoms with van der Waals surface area (Å²) in [4.78, 5) is 11.7.